The van der Waals surface area contributed by atoms with Crippen molar-refractivity contribution < 1.29 is 9.90 Å². The first-order valence-electron chi connectivity index (χ1n) is 6.20. The zero-order valence-corrected chi connectivity index (χ0v) is 13.4. The minimum Gasteiger partial charge on any atom is -0.477 e. The van der Waals surface area contributed by atoms with Crippen LogP contribution in [-0.2, 0) is 0 Å². The fourth-order valence-electron chi connectivity index (χ4n) is 2.18. The number of hydrogen-bond donors (Lipinski definition) is 1. The summed E-state index contributed by atoms with van der Waals surface area (Å²) >= 11 is 8.52. The Morgan fingerprint density at radius 1 is 1.18 bits per heavy atom. The lowest BCUT2D eigenvalue weighted by Gasteiger charge is -2.02. The minimum absolute atomic E-state index is 0.167. The second kappa shape index (κ2) is 5.93. The SMILES string of the molecule is N#Cc1c(-c2ccsc2)sc(C(=O)O)c1-c1ccc(Cl)cc1. The third-order valence-electron chi connectivity index (χ3n) is 3.13. The van der Waals surface area contributed by atoms with Crippen LogP contribution in [0.4, 0.5) is 0 Å². The molecule has 0 spiro atoms. The maximum Gasteiger partial charge on any atom is 0.346 e. The highest BCUT2D eigenvalue weighted by Crippen LogP contribution is 2.42. The molecule has 1 aromatic carbocycles. The van der Waals surface area contributed by atoms with Gasteiger partial charge in [0.15, 0.2) is 0 Å². The number of benzene rings is 1. The quantitative estimate of drug-likeness (QED) is 0.694. The van der Waals surface area contributed by atoms with E-state index in [-0.39, 0.29) is 4.88 Å². The number of halogens is 1. The summed E-state index contributed by atoms with van der Waals surface area (Å²) in [6, 6.07) is 10.9. The fraction of sp³-hybridized carbons (Fsp3) is 0. The van der Waals surface area contributed by atoms with Crippen LogP contribution in [0.15, 0.2) is 41.1 Å². The molecule has 0 radical (unpaired) electrons. The zero-order chi connectivity index (χ0) is 15.7. The van der Waals surface area contributed by atoms with E-state index in [2.05, 4.69) is 6.07 Å². The molecular formula is C16H8ClNO2S2. The first-order chi connectivity index (χ1) is 10.6. The predicted octanol–water partition coefficient (Wildman–Crippen LogP) is 5.37. The van der Waals surface area contributed by atoms with Crippen LogP contribution in [0.1, 0.15) is 15.2 Å². The molecule has 0 atom stereocenters. The second-order valence-corrected chi connectivity index (χ2v) is 6.68. The van der Waals surface area contributed by atoms with Crippen molar-refractivity contribution in [3.63, 3.8) is 0 Å². The number of nitrogens with zero attached hydrogens (tertiary/aromatic N) is 1. The van der Waals surface area contributed by atoms with E-state index in [9.17, 15) is 15.2 Å². The summed E-state index contributed by atoms with van der Waals surface area (Å²) in [5, 5.41) is 23.4. The van der Waals surface area contributed by atoms with Gasteiger partial charge in [-0.2, -0.15) is 16.6 Å². The smallest absolute Gasteiger partial charge is 0.346 e. The Kier molecular flexibility index (Phi) is 3.99. The van der Waals surface area contributed by atoms with Gasteiger partial charge >= 0.3 is 5.97 Å². The maximum absolute atomic E-state index is 11.6. The van der Waals surface area contributed by atoms with Crippen molar-refractivity contribution in [2.45, 2.75) is 0 Å². The zero-order valence-electron chi connectivity index (χ0n) is 11.0. The molecule has 0 saturated heterocycles. The monoisotopic (exact) mass is 345 g/mol. The molecule has 0 aliphatic heterocycles. The van der Waals surface area contributed by atoms with Crippen LogP contribution in [0.25, 0.3) is 21.6 Å². The van der Waals surface area contributed by atoms with E-state index in [4.69, 9.17) is 11.6 Å². The molecule has 108 valence electrons. The van der Waals surface area contributed by atoms with Crippen LogP contribution in [0.5, 0.6) is 0 Å². The molecular weight excluding hydrogens is 338 g/mol. The number of carbonyl (C=O) groups is 1. The lowest BCUT2D eigenvalue weighted by Crippen LogP contribution is -1.95. The van der Waals surface area contributed by atoms with Gasteiger partial charge in [-0.1, -0.05) is 23.7 Å². The van der Waals surface area contributed by atoms with Gasteiger partial charge in [-0.25, -0.2) is 4.79 Å². The molecule has 2 heterocycles. The average molecular weight is 346 g/mol. The van der Waals surface area contributed by atoms with Crippen molar-refractivity contribution in [1.29, 1.82) is 5.26 Å². The van der Waals surface area contributed by atoms with E-state index < -0.39 is 5.97 Å². The Balaban J connectivity index is 2.30. The summed E-state index contributed by atoms with van der Waals surface area (Å²) in [6.45, 7) is 0. The number of rotatable bonds is 3. The van der Waals surface area contributed by atoms with E-state index in [1.54, 1.807) is 24.3 Å². The van der Waals surface area contributed by atoms with Crippen molar-refractivity contribution in [3.8, 4) is 27.6 Å². The first kappa shape index (κ1) is 14.8. The number of hydrogen-bond acceptors (Lipinski definition) is 4. The molecule has 0 fully saturated rings. The molecule has 0 saturated carbocycles. The van der Waals surface area contributed by atoms with Crippen molar-refractivity contribution >= 4 is 40.2 Å². The van der Waals surface area contributed by atoms with Gasteiger partial charge in [0.25, 0.3) is 0 Å². The topological polar surface area (TPSA) is 61.1 Å². The van der Waals surface area contributed by atoms with Crippen LogP contribution >= 0.6 is 34.3 Å². The van der Waals surface area contributed by atoms with Gasteiger partial charge in [0.05, 0.1) is 10.4 Å². The highest BCUT2D eigenvalue weighted by Gasteiger charge is 2.24. The standard InChI is InChI=1S/C16H8ClNO2S2/c17-11-3-1-9(2-4-11)13-12(7-18)14(10-5-6-21-8-10)22-15(13)16(19)20/h1-6,8H,(H,19,20). The van der Waals surface area contributed by atoms with E-state index >= 15 is 0 Å². The van der Waals surface area contributed by atoms with Gasteiger partial charge < -0.3 is 5.11 Å². The summed E-state index contributed by atoms with van der Waals surface area (Å²) in [7, 11) is 0. The van der Waals surface area contributed by atoms with Gasteiger partial charge in [0.2, 0.25) is 0 Å². The molecule has 3 rings (SSSR count). The highest BCUT2D eigenvalue weighted by molar-refractivity contribution is 7.18. The average Bonchev–Trinajstić information content (AvgIpc) is 3.14. The minimum atomic E-state index is -1.03. The summed E-state index contributed by atoms with van der Waals surface area (Å²) in [6.07, 6.45) is 0. The lowest BCUT2D eigenvalue weighted by molar-refractivity contribution is 0.0703. The van der Waals surface area contributed by atoms with Crippen LogP contribution in [0, 0.1) is 11.3 Å². The van der Waals surface area contributed by atoms with E-state index in [0.717, 1.165) is 16.9 Å². The van der Waals surface area contributed by atoms with Crippen LogP contribution in [0.2, 0.25) is 5.02 Å². The van der Waals surface area contributed by atoms with Gasteiger partial charge in [-0.15, -0.1) is 11.3 Å². The molecule has 0 aliphatic rings. The Bertz CT molecular complexity index is 874. The second-order valence-electron chi connectivity index (χ2n) is 4.45. The van der Waals surface area contributed by atoms with E-state index in [0.29, 0.717) is 26.6 Å². The first-order valence-corrected chi connectivity index (χ1v) is 8.34. The number of carboxylic acid groups (broad SMARTS) is 1. The molecule has 22 heavy (non-hydrogen) atoms. The maximum atomic E-state index is 11.6. The summed E-state index contributed by atoms with van der Waals surface area (Å²) in [5.41, 5.74) is 2.39. The van der Waals surface area contributed by atoms with Crippen LogP contribution in [0.3, 0.4) is 0 Å². The van der Waals surface area contributed by atoms with Crippen molar-refractivity contribution in [1.82, 2.24) is 0 Å². The molecule has 0 aliphatic carbocycles. The van der Waals surface area contributed by atoms with Crippen molar-refractivity contribution in [2.24, 2.45) is 0 Å². The molecule has 0 amide bonds. The molecule has 3 aromatic rings. The summed E-state index contributed by atoms with van der Waals surface area (Å²) < 4.78 is 0. The number of thiophene rings is 2. The lowest BCUT2D eigenvalue weighted by atomic mass is 9.99. The molecule has 3 nitrogen and oxygen atoms in total. The molecule has 0 unspecified atom stereocenters. The summed E-state index contributed by atoms with van der Waals surface area (Å²) in [4.78, 5) is 12.4. The third-order valence-corrected chi connectivity index (χ3v) is 5.29. The Morgan fingerprint density at radius 2 is 1.91 bits per heavy atom. The Morgan fingerprint density at radius 3 is 2.45 bits per heavy atom. The number of carboxylic acids is 1. The molecule has 6 heteroatoms. The summed E-state index contributed by atoms with van der Waals surface area (Å²) in [5.74, 6) is -1.03. The fourth-order valence-corrected chi connectivity index (χ4v) is 4.13. The largest absolute Gasteiger partial charge is 0.477 e. The van der Waals surface area contributed by atoms with Gasteiger partial charge in [0, 0.05) is 16.1 Å². The van der Waals surface area contributed by atoms with E-state index in [1.165, 1.54) is 11.3 Å². The van der Waals surface area contributed by atoms with Crippen molar-refractivity contribution in [3.05, 3.63) is 56.6 Å². The highest BCUT2D eigenvalue weighted by atomic mass is 35.5. The van der Waals surface area contributed by atoms with Gasteiger partial charge in [-0.05, 0) is 34.5 Å². The normalized spacial score (nSPS) is 10.4. The van der Waals surface area contributed by atoms with Gasteiger partial charge in [-0.3, -0.25) is 0 Å². The van der Waals surface area contributed by atoms with Crippen LogP contribution in [-0.4, -0.2) is 11.1 Å². The van der Waals surface area contributed by atoms with E-state index in [1.807, 2.05) is 16.8 Å². The predicted molar refractivity (Wildman–Crippen MR) is 89.8 cm³/mol. The molecule has 1 N–H and O–H groups in total. The number of aromatic carboxylic acids is 1. The molecule has 0 bridgehead atoms. The van der Waals surface area contributed by atoms with Crippen LogP contribution < -0.4 is 0 Å². The molecule has 2 aromatic heterocycles. The third kappa shape index (κ3) is 2.53. The van der Waals surface area contributed by atoms with Gasteiger partial charge in [0.1, 0.15) is 10.9 Å². The number of nitriles is 1. The van der Waals surface area contributed by atoms with Crippen molar-refractivity contribution in [2.75, 3.05) is 0 Å². The Hall–Kier alpha value is -2.13. The Labute approximate surface area is 139 Å².